The van der Waals surface area contributed by atoms with Gasteiger partial charge in [-0.25, -0.2) is 0 Å². The predicted octanol–water partition coefficient (Wildman–Crippen LogP) is 4.45. The van der Waals surface area contributed by atoms with Gasteiger partial charge >= 0.3 is 0 Å². The lowest BCUT2D eigenvalue weighted by atomic mass is 10.1. The van der Waals surface area contributed by atoms with Gasteiger partial charge in [0.1, 0.15) is 6.54 Å². The fraction of sp³-hybridized carbons (Fsp3) is 0.280. The van der Waals surface area contributed by atoms with Gasteiger partial charge in [0, 0.05) is 35.7 Å². The number of rotatable bonds is 10. The monoisotopic (exact) mass is 500 g/mol. The Labute approximate surface area is 207 Å². The highest BCUT2D eigenvalue weighted by Gasteiger charge is 2.24. The van der Waals surface area contributed by atoms with Gasteiger partial charge in [-0.05, 0) is 47.3 Å². The number of hydrogen-bond donors (Lipinski definition) is 0. The third-order valence-corrected chi connectivity index (χ3v) is 6.44. The molecule has 178 valence electrons. The summed E-state index contributed by atoms with van der Waals surface area (Å²) in [7, 11) is 1.56. The van der Waals surface area contributed by atoms with Gasteiger partial charge in [0.2, 0.25) is 12.7 Å². The number of halogens is 1. The molecule has 0 radical (unpaired) electrons. The van der Waals surface area contributed by atoms with Gasteiger partial charge in [-0.1, -0.05) is 29.8 Å². The maximum atomic E-state index is 13.5. The second kappa shape index (κ2) is 11.4. The summed E-state index contributed by atoms with van der Waals surface area (Å²) in [6.07, 6.45) is 0. The van der Waals surface area contributed by atoms with Crippen molar-refractivity contribution in [2.45, 2.75) is 13.1 Å². The summed E-state index contributed by atoms with van der Waals surface area (Å²) in [5.41, 5.74) is 1.34. The molecule has 0 unspecified atom stereocenters. The molecule has 0 atom stereocenters. The number of amides is 2. The molecular weight excluding hydrogens is 476 g/mol. The first-order chi connectivity index (χ1) is 16.5. The van der Waals surface area contributed by atoms with E-state index in [-0.39, 0.29) is 31.7 Å². The third kappa shape index (κ3) is 6.08. The highest BCUT2D eigenvalue weighted by Crippen LogP contribution is 2.33. The molecule has 7 nitrogen and oxygen atoms in total. The summed E-state index contributed by atoms with van der Waals surface area (Å²) >= 11 is 7.66. The molecule has 9 heteroatoms. The van der Waals surface area contributed by atoms with E-state index in [1.807, 2.05) is 35.7 Å². The van der Waals surface area contributed by atoms with E-state index in [0.29, 0.717) is 41.8 Å². The van der Waals surface area contributed by atoms with Crippen LogP contribution in [0.1, 0.15) is 20.8 Å². The number of carbonyl (C=O) groups is 2. The molecule has 1 aliphatic rings. The molecule has 0 spiro atoms. The summed E-state index contributed by atoms with van der Waals surface area (Å²) in [5, 5.41) is 2.44. The SMILES string of the molecule is COCCN(CC(=O)N(Cc1ccc2c(c1)OCO2)Cc1cccs1)C(=O)c1cccc(Cl)c1. The summed E-state index contributed by atoms with van der Waals surface area (Å²) in [4.78, 5) is 31.0. The average Bonchev–Trinajstić information content (AvgIpc) is 3.52. The van der Waals surface area contributed by atoms with Gasteiger partial charge in [-0.15, -0.1) is 11.3 Å². The first-order valence-electron chi connectivity index (χ1n) is 10.8. The molecule has 1 aromatic heterocycles. The van der Waals surface area contributed by atoms with Crippen molar-refractivity contribution in [1.29, 1.82) is 0 Å². The van der Waals surface area contributed by atoms with E-state index >= 15 is 0 Å². The van der Waals surface area contributed by atoms with Crippen molar-refractivity contribution >= 4 is 34.8 Å². The third-order valence-electron chi connectivity index (χ3n) is 5.34. The molecule has 0 N–H and O–H groups in total. The van der Waals surface area contributed by atoms with E-state index in [1.165, 1.54) is 4.90 Å². The molecule has 0 fully saturated rings. The van der Waals surface area contributed by atoms with Gasteiger partial charge in [0.25, 0.3) is 5.91 Å². The van der Waals surface area contributed by atoms with Crippen molar-refractivity contribution in [3.8, 4) is 11.5 Å². The molecule has 0 saturated heterocycles. The van der Waals surface area contributed by atoms with Crippen molar-refractivity contribution in [3.63, 3.8) is 0 Å². The zero-order chi connectivity index (χ0) is 23.9. The highest BCUT2D eigenvalue weighted by atomic mass is 35.5. The Bertz CT molecular complexity index is 1140. The lowest BCUT2D eigenvalue weighted by Crippen LogP contribution is -2.43. The van der Waals surface area contributed by atoms with Crippen molar-refractivity contribution in [1.82, 2.24) is 9.80 Å². The Morgan fingerprint density at radius 2 is 1.88 bits per heavy atom. The number of thiophene rings is 1. The molecule has 0 saturated carbocycles. The van der Waals surface area contributed by atoms with Gasteiger partial charge < -0.3 is 24.0 Å². The van der Waals surface area contributed by atoms with Crippen LogP contribution < -0.4 is 9.47 Å². The molecule has 4 rings (SSSR count). The largest absolute Gasteiger partial charge is 0.454 e. The first kappa shape index (κ1) is 24.1. The molecule has 1 aliphatic heterocycles. The van der Waals surface area contributed by atoms with Crippen LogP contribution in [0.3, 0.4) is 0 Å². The molecule has 2 heterocycles. The molecular formula is C25H25ClN2O5S. The van der Waals surface area contributed by atoms with Gasteiger partial charge in [-0.3, -0.25) is 9.59 Å². The average molecular weight is 501 g/mol. The quantitative estimate of drug-likeness (QED) is 0.411. The molecule has 2 aromatic carbocycles. The Morgan fingerprint density at radius 3 is 2.65 bits per heavy atom. The number of ether oxygens (including phenoxy) is 3. The zero-order valence-electron chi connectivity index (χ0n) is 18.7. The van der Waals surface area contributed by atoms with Gasteiger partial charge in [0.15, 0.2) is 11.5 Å². The fourth-order valence-electron chi connectivity index (χ4n) is 3.60. The zero-order valence-corrected chi connectivity index (χ0v) is 20.3. The van der Waals surface area contributed by atoms with E-state index in [1.54, 1.807) is 47.6 Å². The van der Waals surface area contributed by atoms with E-state index in [2.05, 4.69) is 0 Å². The number of nitrogens with zero attached hydrogens (tertiary/aromatic N) is 2. The highest BCUT2D eigenvalue weighted by molar-refractivity contribution is 7.09. The molecule has 0 aliphatic carbocycles. The van der Waals surface area contributed by atoms with Crippen LogP contribution in [0.5, 0.6) is 11.5 Å². The maximum absolute atomic E-state index is 13.5. The summed E-state index contributed by atoms with van der Waals surface area (Å²) < 4.78 is 16.1. The second-order valence-electron chi connectivity index (χ2n) is 7.75. The summed E-state index contributed by atoms with van der Waals surface area (Å²) in [6, 6.07) is 16.3. The van der Waals surface area contributed by atoms with Crippen LogP contribution in [0.4, 0.5) is 0 Å². The number of carbonyl (C=O) groups excluding carboxylic acids is 2. The lowest BCUT2D eigenvalue weighted by Gasteiger charge is -2.28. The first-order valence-corrected chi connectivity index (χ1v) is 12.0. The van der Waals surface area contributed by atoms with Crippen LogP contribution in [0, 0.1) is 0 Å². The van der Waals surface area contributed by atoms with Crippen LogP contribution in [-0.4, -0.2) is 55.2 Å². The predicted molar refractivity (Wildman–Crippen MR) is 130 cm³/mol. The normalized spacial score (nSPS) is 11.9. The van der Waals surface area contributed by atoms with E-state index in [9.17, 15) is 9.59 Å². The van der Waals surface area contributed by atoms with Crippen LogP contribution in [0.25, 0.3) is 0 Å². The van der Waals surface area contributed by atoms with E-state index < -0.39 is 0 Å². The molecule has 2 amide bonds. The minimum absolute atomic E-state index is 0.0787. The van der Waals surface area contributed by atoms with Crippen molar-refractivity contribution in [3.05, 3.63) is 81.0 Å². The molecule has 0 bridgehead atoms. The second-order valence-corrected chi connectivity index (χ2v) is 9.22. The van der Waals surface area contributed by atoms with Crippen LogP contribution in [0.2, 0.25) is 5.02 Å². The van der Waals surface area contributed by atoms with Crippen molar-refractivity contribution in [2.75, 3.05) is 33.6 Å². The topological polar surface area (TPSA) is 68.3 Å². The van der Waals surface area contributed by atoms with E-state index in [4.69, 9.17) is 25.8 Å². The van der Waals surface area contributed by atoms with Crippen LogP contribution in [0.15, 0.2) is 60.0 Å². The Hall–Kier alpha value is -3.07. The smallest absolute Gasteiger partial charge is 0.254 e. The fourth-order valence-corrected chi connectivity index (χ4v) is 4.51. The summed E-state index contributed by atoms with van der Waals surface area (Å²) in [6.45, 7) is 1.52. The van der Waals surface area contributed by atoms with Gasteiger partial charge in [0.05, 0.1) is 13.2 Å². The van der Waals surface area contributed by atoms with Gasteiger partial charge in [-0.2, -0.15) is 0 Å². The minimum atomic E-state index is -0.271. The minimum Gasteiger partial charge on any atom is -0.454 e. The van der Waals surface area contributed by atoms with Crippen LogP contribution in [-0.2, 0) is 22.6 Å². The molecule has 34 heavy (non-hydrogen) atoms. The number of methoxy groups -OCH3 is 1. The Morgan fingerprint density at radius 1 is 1.03 bits per heavy atom. The summed E-state index contributed by atoms with van der Waals surface area (Å²) in [5.74, 6) is 0.918. The van der Waals surface area contributed by atoms with Crippen LogP contribution >= 0.6 is 22.9 Å². The van der Waals surface area contributed by atoms with E-state index in [0.717, 1.165) is 10.4 Å². The Balaban J connectivity index is 1.53. The number of fused-ring (bicyclic) bond motifs is 1. The van der Waals surface area contributed by atoms with Crippen molar-refractivity contribution < 1.29 is 23.8 Å². The maximum Gasteiger partial charge on any atom is 0.254 e. The standard InChI is InChI=1S/C25H25ClN2O5S/c1-31-10-9-27(25(30)19-4-2-5-20(26)13-19)16-24(29)28(15-21-6-3-11-34-21)14-18-7-8-22-23(12-18)33-17-32-22/h2-8,11-13H,9-10,14-17H2,1H3. The molecule has 3 aromatic rings. The Kier molecular flexibility index (Phi) is 8.05. The lowest BCUT2D eigenvalue weighted by molar-refractivity contribution is -0.133. The van der Waals surface area contributed by atoms with Crippen molar-refractivity contribution in [2.24, 2.45) is 0 Å². The number of hydrogen-bond acceptors (Lipinski definition) is 6. The number of benzene rings is 2.